The summed E-state index contributed by atoms with van der Waals surface area (Å²) in [6.07, 6.45) is 10.8. The summed E-state index contributed by atoms with van der Waals surface area (Å²) in [7, 11) is 0. The molecule has 1 heterocycles. The zero-order valence-electron chi connectivity index (χ0n) is 7.78. The molecular formula is C11H15NS. The molecule has 2 rings (SSSR count). The highest BCUT2D eigenvalue weighted by Gasteiger charge is 2.13. The summed E-state index contributed by atoms with van der Waals surface area (Å²) in [6, 6.07) is 4.22. The van der Waals surface area contributed by atoms with Crippen LogP contribution in [0.5, 0.6) is 0 Å². The largest absolute Gasteiger partial charge is 0.265 e. The Morgan fingerprint density at radius 1 is 1.08 bits per heavy atom. The fourth-order valence-electron chi connectivity index (χ4n) is 1.79. The minimum atomic E-state index is 0.858. The smallest absolute Gasteiger partial charge is 0.0278 e. The third-order valence-electron chi connectivity index (χ3n) is 2.50. The Kier molecular flexibility index (Phi) is 3.25. The van der Waals surface area contributed by atoms with Crippen molar-refractivity contribution in [3.63, 3.8) is 0 Å². The van der Waals surface area contributed by atoms with E-state index in [1.807, 2.05) is 24.2 Å². The maximum absolute atomic E-state index is 4.03. The van der Waals surface area contributed by atoms with Crippen LogP contribution >= 0.6 is 11.8 Å². The highest BCUT2D eigenvalue weighted by atomic mass is 32.2. The van der Waals surface area contributed by atoms with Gasteiger partial charge >= 0.3 is 0 Å². The molecule has 0 amide bonds. The van der Waals surface area contributed by atoms with E-state index in [4.69, 9.17) is 0 Å². The molecule has 0 N–H and O–H groups in total. The predicted molar refractivity (Wildman–Crippen MR) is 57.0 cm³/mol. The summed E-state index contributed by atoms with van der Waals surface area (Å²) < 4.78 is 0. The van der Waals surface area contributed by atoms with E-state index in [1.54, 1.807) is 0 Å². The van der Waals surface area contributed by atoms with Crippen LogP contribution < -0.4 is 0 Å². The van der Waals surface area contributed by atoms with Gasteiger partial charge in [0.05, 0.1) is 0 Å². The van der Waals surface area contributed by atoms with Crippen LogP contribution in [0.15, 0.2) is 29.4 Å². The van der Waals surface area contributed by atoms with Crippen molar-refractivity contribution in [2.45, 2.75) is 42.2 Å². The monoisotopic (exact) mass is 193 g/mol. The maximum Gasteiger partial charge on any atom is 0.0278 e. The zero-order chi connectivity index (χ0) is 8.93. The van der Waals surface area contributed by atoms with Gasteiger partial charge in [-0.2, -0.15) is 0 Å². The van der Waals surface area contributed by atoms with Crippen LogP contribution in [-0.4, -0.2) is 10.2 Å². The molecule has 70 valence electrons. The van der Waals surface area contributed by atoms with Gasteiger partial charge in [0.25, 0.3) is 0 Å². The van der Waals surface area contributed by atoms with Crippen molar-refractivity contribution in [2.24, 2.45) is 0 Å². The van der Waals surface area contributed by atoms with Gasteiger partial charge in [-0.25, -0.2) is 0 Å². The molecular weight excluding hydrogens is 178 g/mol. The van der Waals surface area contributed by atoms with Gasteiger partial charge in [-0.15, -0.1) is 11.8 Å². The lowest BCUT2D eigenvalue weighted by atomic mass is 10.0. The van der Waals surface area contributed by atoms with Gasteiger partial charge in [0, 0.05) is 22.5 Å². The van der Waals surface area contributed by atoms with Gasteiger partial charge in [0.15, 0.2) is 0 Å². The Morgan fingerprint density at radius 3 is 2.46 bits per heavy atom. The summed E-state index contributed by atoms with van der Waals surface area (Å²) in [5, 5.41) is 0.858. The Hall–Kier alpha value is -0.500. The molecule has 2 heteroatoms. The molecule has 1 nitrogen and oxygen atoms in total. The topological polar surface area (TPSA) is 12.9 Å². The number of hydrogen-bond acceptors (Lipinski definition) is 2. The van der Waals surface area contributed by atoms with E-state index in [-0.39, 0.29) is 0 Å². The van der Waals surface area contributed by atoms with E-state index in [9.17, 15) is 0 Å². The molecule has 0 unspecified atom stereocenters. The van der Waals surface area contributed by atoms with Gasteiger partial charge in [-0.3, -0.25) is 4.98 Å². The molecule has 0 aromatic carbocycles. The zero-order valence-corrected chi connectivity index (χ0v) is 8.59. The fraction of sp³-hybridized carbons (Fsp3) is 0.545. The molecule has 1 saturated carbocycles. The number of aromatic nitrogens is 1. The van der Waals surface area contributed by atoms with E-state index in [0.29, 0.717) is 0 Å². The van der Waals surface area contributed by atoms with Crippen molar-refractivity contribution >= 4 is 11.8 Å². The van der Waals surface area contributed by atoms with E-state index < -0.39 is 0 Å². The van der Waals surface area contributed by atoms with E-state index in [2.05, 4.69) is 17.1 Å². The van der Waals surface area contributed by atoms with E-state index in [0.717, 1.165) is 5.25 Å². The van der Waals surface area contributed by atoms with Crippen LogP contribution in [-0.2, 0) is 0 Å². The molecule has 1 aliphatic rings. The molecule has 1 aromatic heterocycles. The van der Waals surface area contributed by atoms with Crippen molar-refractivity contribution in [3.8, 4) is 0 Å². The molecule has 0 saturated heterocycles. The van der Waals surface area contributed by atoms with Crippen molar-refractivity contribution in [1.29, 1.82) is 0 Å². The van der Waals surface area contributed by atoms with Gasteiger partial charge in [-0.1, -0.05) is 19.3 Å². The average Bonchev–Trinajstić information content (AvgIpc) is 2.21. The SMILES string of the molecule is c1cc(SC2CCCCC2)ccn1. The van der Waals surface area contributed by atoms with Crippen LogP contribution in [0.2, 0.25) is 0 Å². The predicted octanol–water partition coefficient (Wildman–Crippen LogP) is 3.51. The summed E-state index contributed by atoms with van der Waals surface area (Å²) in [5.74, 6) is 0. The molecule has 1 aliphatic carbocycles. The van der Waals surface area contributed by atoms with Gasteiger partial charge in [0.2, 0.25) is 0 Å². The first-order valence-corrected chi connectivity index (χ1v) is 5.90. The highest BCUT2D eigenvalue weighted by molar-refractivity contribution is 8.00. The van der Waals surface area contributed by atoms with Crippen LogP contribution in [0.3, 0.4) is 0 Å². The number of pyridine rings is 1. The molecule has 0 radical (unpaired) electrons. The number of nitrogens with zero attached hydrogens (tertiary/aromatic N) is 1. The van der Waals surface area contributed by atoms with E-state index in [1.165, 1.54) is 37.0 Å². The fourth-order valence-corrected chi connectivity index (χ4v) is 3.03. The molecule has 0 atom stereocenters. The Balaban J connectivity index is 1.90. The summed E-state index contributed by atoms with van der Waals surface area (Å²) >= 11 is 2.02. The molecule has 1 fully saturated rings. The normalized spacial score (nSPS) is 18.8. The van der Waals surface area contributed by atoms with Crippen molar-refractivity contribution in [2.75, 3.05) is 0 Å². The number of thioether (sulfide) groups is 1. The van der Waals surface area contributed by atoms with Gasteiger partial charge in [0.1, 0.15) is 0 Å². The second-order valence-electron chi connectivity index (χ2n) is 3.56. The van der Waals surface area contributed by atoms with Crippen molar-refractivity contribution < 1.29 is 0 Å². The summed E-state index contributed by atoms with van der Waals surface area (Å²) in [4.78, 5) is 5.40. The van der Waals surface area contributed by atoms with Crippen LogP contribution in [0.4, 0.5) is 0 Å². The van der Waals surface area contributed by atoms with Gasteiger partial charge in [-0.05, 0) is 25.0 Å². The number of hydrogen-bond donors (Lipinski definition) is 0. The highest BCUT2D eigenvalue weighted by Crippen LogP contribution is 2.32. The van der Waals surface area contributed by atoms with E-state index >= 15 is 0 Å². The third kappa shape index (κ3) is 2.73. The minimum Gasteiger partial charge on any atom is -0.265 e. The lowest BCUT2D eigenvalue weighted by Crippen LogP contribution is -2.07. The molecule has 0 bridgehead atoms. The van der Waals surface area contributed by atoms with Gasteiger partial charge < -0.3 is 0 Å². The summed E-state index contributed by atoms with van der Waals surface area (Å²) in [5.41, 5.74) is 0. The molecule has 0 aliphatic heterocycles. The average molecular weight is 193 g/mol. The first-order chi connectivity index (χ1) is 6.45. The van der Waals surface area contributed by atoms with Crippen LogP contribution in [0.25, 0.3) is 0 Å². The minimum absolute atomic E-state index is 0.858. The molecule has 0 spiro atoms. The standard InChI is InChI=1S/C11H15NS/c1-2-4-10(5-3-1)13-11-6-8-12-9-7-11/h6-10H,1-5H2. The van der Waals surface area contributed by atoms with Crippen LogP contribution in [0, 0.1) is 0 Å². The first-order valence-electron chi connectivity index (χ1n) is 5.02. The Morgan fingerprint density at radius 2 is 1.77 bits per heavy atom. The summed E-state index contributed by atoms with van der Waals surface area (Å²) in [6.45, 7) is 0. The quantitative estimate of drug-likeness (QED) is 0.713. The second kappa shape index (κ2) is 4.66. The van der Waals surface area contributed by atoms with Crippen molar-refractivity contribution in [3.05, 3.63) is 24.5 Å². The first kappa shape index (κ1) is 9.07. The second-order valence-corrected chi connectivity index (χ2v) is 4.93. The van der Waals surface area contributed by atoms with Crippen LogP contribution in [0.1, 0.15) is 32.1 Å². The lowest BCUT2D eigenvalue weighted by molar-refractivity contribution is 0.516. The Bertz CT molecular complexity index is 242. The Labute approximate surface area is 84.0 Å². The van der Waals surface area contributed by atoms with Crippen molar-refractivity contribution in [1.82, 2.24) is 4.98 Å². The molecule has 1 aromatic rings. The third-order valence-corrected chi connectivity index (χ3v) is 3.85. The lowest BCUT2D eigenvalue weighted by Gasteiger charge is -2.20. The number of rotatable bonds is 2. The maximum atomic E-state index is 4.03. The molecule has 13 heavy (non-hydrogen) atoms.